The number of fused-ring (bicyclic) bond motifs is 1. The molecule has 1 aliphatic carbocycles. The van der Waals surface area contributed by atoms with Gasteiger partial charge >= 0.3 is 0 Å². The van der Waals surface area contributed by atoms with Gasteiger partial charge in [0.05, 0.1) is 11.6 Å². The molecule has 1 aliphatic rings. The lowest BCUT2D eigenvalue weighted by molar-refractivity contribution is 0.555. The molecule has 3 N–H and O–H groups in total. The van der Waals surface area contributed by atoms with E-state index in [-0.39, 0.29) is 6.04 Å². The molecule has 0 saturated carbocycles. The third-order valence-electron chi connectivity index (χ3n) is 2.96. The van der Waals surface area contributed by atoms with E-state index in [1.54, 1.807) is 6.07 Å². The van der Waals surface area contributed by atoms with Crippen molar-refractivity contribution in [3.05, 3.63) is 34.4 Å². The first-order valence-electron chi connectivity index (χ1n) is 5.24. The largest absolute Gasteiger partial charge is 0.274 e. The van der Waals surface area contributed by atoms with Gasteiger partial charge in [-0.2, -0.15) is 18.4 Å². The molecule has 0 aliphatic heterocycles. The van der Waals surface area contributed by atoms with Gasteiger partial charge in [-0.1, -0.05) is 0 Å². The summed E-state index contributed by atoms with van der Waals surface area (Å²) in [6.07, 6.45) is 1.44. The van der Waals surface area contributed by atoms with Gasteiger partial charge in [-0.05, 0) is 48.6 Å². The van der Waals surface area contributed by atoms with Crippen LogP contribution in [0.15, 0.2) is 12.1 Å². The SMILES string of the molecule is Cc1cc(C#N)cc2c1[C@H](NS(N)(=O)=O)CC2. The summed E-state index contributed by atoms with van der Waals surface area (Å²) in [6.45, 7) is 1.88. The number of hydrogen-bond acceptors (Lipinski definition) is 3. The van der Waals surface area contributed by atoms with Crippen LogP contribution in [0, 0.1) is 18.3 Å². The summed E-state index contributed by atoms with van der Waals surface area (Å²) in [5.41, 5.74) is 3.52. The number of nitriles is 1. The third-order valence-corrected chi connectivity index (χ3v) is 3.57. The van der Waals surface area contributed by atoms with Crippen LogP contribution in [-0.4, -0.2) is 8.42 Å². The molecule has 0 heterocycles. The van der Waals surface area contributed by atoms with E-state index in [0.717, 1.165) is 23.1 Å². The van der Waals surface area contributed by atoms with Crippen molar-refractivity contribution in [1.29, 1.82) is 5.26 Å². The number of nitrogens with one attached hydrogen (secondary N) is 1. The predicted octanol–water partition coefficient (Wildman–Crippen LogP) is 0.647. The van der Waals surface area contributed by atoms with Crippen LogP contribution in [0.1, 0.15) is 34.7 Å². The highest BCUT2D eigenvalue weighted by Gasteiger charge is 2.27. The summed E-state index contributed by atoms with van der Waals surface area (Å²) >= 11 is 0. The van der Waals surface area contributed by atoms with Crippen LogP contribution in [0.4, 0.5) is 0 Å². The van der Waals surface area contributed by atoms with Crippen LogP contribution in [0.25, 0.3) is 0 Å². The molecule has 17 heavy (non-hydrogen) atoms. The maximum Gasteiger partial charge on any atom is 0.274 e. The topological polar surface area (TPSA) is 96.0 Å². The van der Waals surface area contributed by atoms with Crippen molar-refractivity contribution in [2.24, 2.45) is 5.14 Å². The van der Waals surface area contributed by atoms with Crippen LogP contribution < -0.4 is 9.86 Å². The molecule has 0 aromatic heterocycles. The first kappa shape index (κ1) is 12.0. The maximum atomic E-state index is 11.0. The zero-order valence-corrected chi connectivity index (χ0v) is 10.2. The summed E-state index contributed by atoms with van der Waals surface area (Å²) in [6, 6.07) is 5.41. The first-order chi connectivity index (χ1) is 7.90. The van der Waals surface area contributed by atoms with Gasteiger partial charge in [0.25, 0.3) is 10.2 Å². The van der Waals surface area contributed by atoms with Crippen LogP contribution >= 0.6 is 0 Å². The molecule has 1 atom stereocenters. The minimum atomic E-state index is -3.70. The molecule has 0 unspecified atom stereocenters. The molecular formula is C11H13N3O2S. The van der Waals surface area contributed by atoms with Crippen LogP contribution in [0.2, 0.25) is 0 Å². The van der Waals surface area contributed by atoms with Crippen molar-refractivity contribution in [3.63, 3.8) is 0 Å². The van der Waals surface area contributed by atoms with Gasteiger partial charge in [-0.25, -0.2) is 5.14 Å². The lowest BCUT2D eigenvalue weighted by Gasteiger charge is -2.14. The van der Waals surface area contributed by atoms with Crippen molar-refractivity contribution < 1.29 is 8.42 Å². The highest BCUT2D eigenvalue weighted by atomic mass is 32.2. The van der Waals surface area contributed by atoms with Crippen LogP contribution in [0.5, 0.6) is 0 Å². The molecular weight excluding hydrogens is 238 g/mol. The summed E-state index contributed by atoms with van der Waals surface area (Å²) < 4.78 is 24.5. The number of aryl methyl sites for hydroxylation is 2. The first-order valence-corrected chi connectivity index (χ1v) is 6.79. The number of nitrogens with two attached hydrogens (primary N) is 1. The Morgan fingerprint density at radius 1 is 1.53 bits per heavy atom. The molecule has 1 aromatic rings. The van der Waals surface area contributed by atoms with E-state index in [0.29, 0.717) is 12.0 Å². The van der Waals surface area contributed by atoms with E-state index in [9.17, 15) is 8.42 Å². The number of hydrogen-bond donors (Lipinski definition) is 2. The number of nitrogens with zero attached hydrogens (tertiary/aromatic N) is 1. The number of rotatable bonds is 2. The highest BCUT2D eigenvalue weighted by Crippen LogP contribution is 2.34. The minimum Gasteiger partial charge on any atom is -0.216 e. The van der Waals surface area contributed by atoms with E-state index in [2.05, 4.69) is 10.8 Å². The Bertz CT molecular complexity index is 602. The molecule has 0 saturated heterocycles. The van der Waals surface area contributed by atoms with E-state index in [1.807, 2.05) is 13.0 Å². The summed E-state index contributed by atoms with van der Waals surface area (Å²) in [4.78, 5) is 0. The second kappa shape index (κ2) is 4.11. The van der Waals surface area contributed by atoms with Gasteiger partial charge in [0.2, 0.25) is 0 Å². The van der Waals surface area contributed by atoms with Crippen molar-refractivity contribution in [1.82, 2.24) is 4.72 Å². The van der Waals surface area contributed by atoms with Crippen molar-refractivity contribution in [2.75, 3.05) is 0 Å². The van der Waals surface area contributed by atoms with Crippen LogP contribution in [0.3, 0.4) is 0 Å². The molecule has 2 rings (SSSR count). The zero-order valence-electron chi connectivity index (χ0n) is 9.40. The highest BCUT2D eigenvalue weighted by molar-refractivity contribution is 7.87. The van der Waals surface area contributed by atoms with Crippen molar-refractivity contribution in [2.45, 2.75) is 25.8 Å². The fourth-order valence-corrected chi connectivity index (χ4v) is 3.03. The fourth-order valence-electron chi connectivity index (χ4n) is 2.40. The molecule has 6 heteroatoms. The fraction of sp³-hybridized carbons (Fsp3) is 0.364. The molecule has 5 nitrogen and oxygen atoms in total. The molecule has 0 radical (unpaired) electrons. The summed E-state index contributed by atoms with van der Waals surface area (Å²) in [5.74, 6) is 0. The Hall–Kier alpha value is -1.42. The average molecular weight is 251 g/mol. The van der Waals surface area contributed by atoms with Gasteiger partial charge in [0.1, 0.15) is 0 Å². The molecule has 0 amide bonds. The standard InChI is InChI=1S/C11H13N3O2S/c1-7-4-8(6-12)5-9-2-3-10(11(7)9)14-17(13,15)16/h4-5,10,14H,2-3H2,1H3,(H2,13,15,16)/t10-/m1/s1. The minimum absolute atomic E-state index is 0.271. The lowest BCUT2D eigenvalue weighted by Crippen LogP contribution is -2.33. The Kier molecular flexibility index (Phi) is 2.91. The van der Waals surface area contributed by atoms with Gasteiger partial charge < -0.3 is 0 Å². The summed E-state index contributed by atoms with van der Waals surface area (Å²) in [7, 11) is -3.70. The quantitative estimate of drug-likeness (QED) is 0.807. The molecule has 0 bridgehead atoms. The van der Waals surface area contributed by atoms with Crippen LogP contribution in [-0.2, 0) is 16.6 Å². The second-order valence-corrected chi connectivity index (χ2v) is 5.56. The lowest BCUT2D eigenvalue weighted by atomic mass is 9.99. The van der Waals surface area contributed by atoms with Gasteiger partial charge in [0.15, 0.2) is 0 Å². The average Bonchev–Trinajstić information content (AvgIpc) is 2.59. The zero-order chi connectivity index (χ0) is 12.6. The molecule has 1 aromatic carbocycles. The molecule has 0 fully saturated rings. The molecule has 0 spiro atoms. The Labute approximate surface area is 100 Å². The third kappa shape index (κ3) is 2.47. The smallest absolute Gasteiger partial charge is 0.216 e. The Morgan fingerprint density at radius 2 is 2.24 bits per heavy atom. The normalized spacial score (nSPS) is 18.8. The Morgan fingerprint density at radius 3 is 2.82 bits per heavy atom. The predicted molar refractivity (Wildman–Crippen MR) is 63.2 cm³/mol. The second-order valence-electron chi connectivity index (χ2n) is 4.23. The monoisotopic (exact) mass is 251 g/mol. The van der Waals surface area contributed by atoms with E-state index >= 15 is 0 Å². The number of benzene rings is 1. The van der Waals surface area contributed by atoms with Crippen molar-refractivity contribution >= 4 is 10.2 Å². The van der Waals surface area contributed by atoms with E-state index < -0.39 is 10.2 Å². The Balaban J connectivity index is 2.43. The van der Waals surface area contributed by atoms with Crippen molar-refractivity contribution in [3.8, 4) is 6.07 Å². The van der Waals surface area contributed by atoms with E-state index in [4.69, 9.17) is 10.4 Å². The van der Waals surface area contributed by atoms with Gasteiger partial charge in [0, 0.05) is 6.04 Å². The van der Waals surface area contributed by atoms with Gasteiger partial charge in [-0.3, -0.25) is 0 Å². The maximum absolute atomic E-state index is 11.0. The molecule has 90 valence electrons. The van der Waals surface area contributed by atoms with Gasteiger partial charge in [-0.15, -0.1) is 0 Å². The van der Waals surface area contributed by atoms with E-state index in [1.165, 1.54) is 0 Å². The summed E-state index contributed by atoms with van der Waals surface area (Å²) in [5, 5.41) is 13.9.